The minimum Gasteiger partial charge on any atom is -0.352 e. The second kappa shape index (κ2) is 7.98. The van der Waals surface area contributed by atoms with Crippen molar-refractivity contribution in [2.45, 2.75) is 55.2 Å². The molecule has 0 bridgehead atoms. The number of nitrogens with one attached hydrogen (secondary N) is 2. The summed E-state index contributed by atoms with van der Waals surface area (Å²) in [7, 11) is 0. The molecule has 128 valence electrons. The molecule has 1 heterocycles. The van der Waals surface area contributed by atoms with Crippen LogP contribution in [0, 0.1) is 6.92 Å². The molecule has 5 nitrogen and oxygen atoms in total. The normalized spacial score (nSPS) is 16.1. The van der Waals surface area contributed by atoms with Crippen molar-refractivity contribution in [3.8, 4) is 0 Å². The summed E-state index contributed by atoms with van der Waals surface area (Å²) in [5.41, 5.74) is 2.18. The van der Waals surface area contributed by atoms with E-state index in [9.17, 15) is 4.79 Å². The van der Waals surface area contributed by atoms with Crippen LogP contribution >= 0.6 is 23.1 Å². The number of thioether (sulfide) groups is 1. The summed E-state index contributed by atoms with van der Waals surface area (Å²) in [6.45, 7) is 3.97. The fourth-order valence-electron chi connectivity index (χ4n) is 2.73. The molecule has 1 atom stereocenters. The van der Waals surface area contributed by atoms with Crippen molar-refractivity contribution in [1.29, 1.82) is 0 Å². The van der Waals surface area contributed by atoms with Gasteiger partial charge in [-0.15, -0.1) is 10.2 Å². The van der Waals surface area contributed by atoms with E-state index in [4.69, 9.17) is 0 Å². The number of carbonyl (C=O) groups excluding carboxylic acids is 1. The van der Waals surface area contributed by atoms with E-state index < -0.39 is 0 Å². The SMILES string of the molecule is Cc1ccccc1Nc1nnc(SC(C)C(=O)NC2CCCC2)s1. The molecule has 3 rings (SSSR count). The lowest BCUT2D eigenvalue weighted by atomic mass is 10.2. The van der Waals surface area contributed by atoms with Crippen LogP contribution in [0.4, 0.5) is 10.8 Å². The van der Waals surface area contributed by atoms with Crippen molar-refractivity contribution in [1.82, 2.24) is 15.5 Å². The van der Waals surface area contributed by atoms with Crippen molar-refractivity contribution in [2.24, 2.45) is 0 Å². The highest BCUT2D eigenvalue weighted by Crippen LogP contribution is 2.31. The third kappa shape index (κ3) is 4.48. The summed E-state index contributed by atoms with van der Waals surface area (Å²) < 4.78 is 0.806. The smallest absolute Gasteiger partial charge is 0.233 e. The lowest BCUT2D eigenvalue weighted by Crippen LogP contribution is -2.37. The lowest BCUT2D eigenvalue weighted by Gasteiger charge is -2.15. The van der Waals surface area contributed by atoms with Crippen LogP contribution in [-0.4, -0.2) is 27.4 Å². The number of nitrogens with zero attached hydrogens (tertiary/aromatic N) is 2. The zero-order chi connectivity index (χ0) is 16.9. The highest BCUT2D eigenvalue weighted by atomic mass is 32.2. The molecule has 1 aliphatic rings. The molecular formula is C17H22N4OS2. The molecule has 0 radical (unpaired) electrons. The summed E-state index contributed by atoms with van der Waals surface area (Å²) in [6, 6.07) is 8.41. The number of para-hydroxylation sites is 1. The fraction of sp³-hybridized carbons (Fsp3) is 0.471. The van der Waals surface area contributed by atoms with Gasteiger partial charge < -0.3 is 10.6 Å². The van der Waals surface area contributed by atoms with Crippen LogP contribution in [0.2, 0.25) is 0 Å². The van der Waals surface area contributed by atoms with Crippen LogP contribution < -0.4 is 10.6 Å². The van der Waals surface area contributed by atoms with Crippen LogP contribution in [0.5, 0.6) is 0 Å². The highest BCUT2D eigenvalue weighted by Gasteiger charge is 2.22. The van der Waals surface area contributed by atoms with Crippen molar-refractivity contribution < 1.29 is 4.79 Å². The Hall–Kier alpha value is -1.60. The third-order valence-corrected chi connectivity index (χ3v) is 6.16. The highest BCUT2D eigenvalue weighted by molar-refractivity contribution is 8.02. The van der Waals surface area contributed by atoms with Gasteiger partial charge in [0, 0.05) is 11.7 Å². The fourth-order valence-corrected chi connectivity index (χ4v) is 4.65. The molecule has 0 aliphatic heterocycles. The zero-order valence-corrected chi connectivity index (χ0v) is 15.5. The van der Waals surface area contributed by atoms with Gasteiger partial charge in [-0.1, -0.05) is 54.1 Å². The number of rotatable bonds is 6. The summed E-state index contributed by atoms with van der Waals surface area (Å²) in [5, 5.41) is 15.4. The lowest BCUT2D eigenvalue weighted by molar-refractivity contribution is -0.120. The predicted octanol–water partition coefficient (Wildman–Crippen LogP) is 4.13. The van der Waals surface area contributed by atoms with Crippen molar-refractivity contribution >= 4 is 39.8 Å². The van der Waals surface area contributed by atoms with E-state index >= 15 is 0 Å². The number of hydrogen-bond donors (Lipinski definition) is 2. The van der Waals surface area contributed by atoms with Crippen LogP contribution in [0.25, 0.3) is 0 Å². The first-order valence-corrected chi connectivity index (χ1v) is 9.94. The van der Waals surface area contributed by atoms with E-state index in [1.807, 2.05) is 25.1 Å². The number of carbonyl (C=O) groups is 1. The van der Waals surface area contributed by atoms with Gasteiger partial charge in [0.25, 0.3) is 0 Å². The Morgan fingerprint density at radius 2 is 2.04 bits per heavy atom. The number of aryl methyl sites for hydroxylation is 1. The molecule has 1 aliphatic carbocycles. The Kier molecular flexibility index (Phi) is 5.73. The molecule has 0 saturated heterocycles. The maximum Gasteiger partial charge on any atom is 0.233 e. The molecule has 1 unspecified atom stereocenters. The maximum atomic E-state index is 12.3. The van der Waals surface area contributed by atoms with Crippen LogP contribution in [-0.2, 0) is 4.79 Å². The standard InChI is InChI=1S/C17H22N4OS2/c1-11-7-3-6-10-14(11)19-16-20-21-17(24-16)23-12(2)15(22)18-13-8-4-5-9-13/h3,6-7,10,12-13H,4-5,8-9H2,1-2H3,(H,18,22)(H,19,20). The van der Waals surface area contributed by atoms with Gasteiger partial charge in [0.2, 0.25) is 11.0 Å². The molecule has 1 saturated carbocycles. The Labute approximate surface area is 150 Å². The average Bonchev–Trinajstić information content (AvgIpc) is 3.22. The minimum atomic E-state index is -0.162. The molecule has 7 heteroatoms. The van der Waals surface area contributed by atoms with E-state index in [2.05, 4.69) is 33.8 Å². The molecule has 0 spiro atoms. The number of amides is 1. The molecular weight excluding hydrogens is 340 g/mol. The molecule has 1 amide bonds. The van der Waals surface area contributed by atoms with E-state index in [0.717, 1.165) is 33.6 Å². The zero-order valence-electron chi connectivity index (χ0n) is 13.9. The van der Waals surface area contributed by atoms with Gasteiger partial charge in [-0.25, -0.2) is 0 Å². The number of hydrogen-bond acceptors (Lipinski definition) is 6. The number of benzene rings is 1. The topological polar surface area (TPSA) is 66.9 Å². The molecule has 1 fully saturated rings. The molecule has 24 heavy (non-hydrogen) atoms. The van der Waals surface area contributed by atoms with Crippen molar-refractivity contribution in [3.05, 3.63) is 29.8 Å². The Bertz CT molecular complexity index is 697. The summed E-state index contributed by atoms with van der Waals surface area (Å²) >= 11 is 2.94. The quantitative estimate of drug-likeness (QED) is 0.756. The largest absolute Gasteiger partial charge is 0.352 e. The molecule has 2 N–H and O–H groups in total. The van der Waals surface area contributed by atoms with Gasteiger partial charge in [-0.05, 0) is 38.3 Å². The minimum absolute atomic E-state index is 0.0931. The van der Waals surface area contributed by atoms with Gasteiger partial charge in [-0.3, -0.25) is 4.79 Å². The molecule has 2 aromatic rings. The molecule has 1 aromatic carbocycles. The van der Waals surface area contributed by atoms with E-state index in [1.54, 1.807) is 0 Å². The number of aromatic nitrogens is 2. The van der Waals surface area contributed by atoms with Crippen molar-refractivity contribution in [2.75, 3.05) is 5.32 Å². The van der Waals surface area contributed by atoms with Crippen LogP contribution in [0.1, 0.15) is 38.2 Å². The Morgan fingerprint density at radius 1 is 1.29 bits per heavy atom. The Morgan fingerprint density at radius 3 is 2.79 bits per heavy atom. The van der Waals surface area contributed by atoms with Crippen molar-refractivity contribution in [3.63, 3.8) is 0 Å². The van der Waals surface area contributed by atoms with Gasteiger partial charge in [0.05, 0.1) is 5.25 Å². The van der Waals surface area contributed by atoms with Gasteiger partial charge in [-0.2, -0.15) is 0 Å². The average molecular weight is 363 g/mol. The predicted molar refractivity (Wildman–Crippen MR) is 100 cm³/mol. The van der Waals surface area contributed by atoms with E-state index in [0.29, 0.717) is 6.04 Å². The monoisotopic (exact) mass is 362 g/mol. The number of anilines is 2. The summed E-state index contributed by atoms with van der Waals surface area (Å²) in [5.74, 6) is 0.0931. The van der Waals surface area contributed by atoms with Gasteiger partial charge in [0.15, 0.2) is 4.34 Å². The van der Waals surface area contributed by atoms with Crippen LogP contribution in [0.3, 0.4) is 0 Å². The molecule has 1 aromatic heterocycles. The summed E-state index contributed by atoms with van der Waals surface area (Å²) in [6.07, 6.45) is 4.65. The van der Waals surface area contributed by atoms with E-state index in [-0.39, 0.29) is 11.2 Å². The van der Waals surface area contributed by atoms with Gasteiger partial charge >= 0.3 is 0 Å². The third-order valence-electron chi connectivity index (χ3n) is 4.14. The maximum absolute atomic E-state index is 12.3. The van der Waals surface area contributed by atoms with Gasteiger partial charge in [0.1, 0.15) is 0 Å². The first-order chi connectivity index (χ1) is 11.6. The van der Waals surface area contributed by atoms with E-state index in [1.165, 1.54) is 35.9 Å². The second-order valence-corrected chi connectivity index (χ2v) is 8.63. The summed E-state index contributed by atoms with van der Waals surface area (Å²) in [4.78, 5) is 12.3. The Balaban J connectivity index is 1.55. The van der Waals surface area contributed by atoms with Crippen LogP contribution in [0.15, 0.2) is 28.6 Å². The first-order valence-electron chi connectivity index (χ1n) is 8.25. The first kappa shape index (κ1) is 17.2. The second-order valence-electron chi connectivity index (χ2n) is 6.06.